The van der Waals surface area contributed by atoms with Crippen molar-refractivity contribution in [1.82, 2.24) is 4.57 Å². The number of nitrogens with zero attached hydrogens (tertiary/aromatic N) is 2. The number of imidazole rings is 1. The number of ether oxygens (including phenoxy) is 1. The monoisotopic (exact) mass is 539 g/mol. The van der Waals surface area contributed by atoms with Gasteiger partial charge in [0.1, 0.15) is 29.5 Å². The second-order valence-electron chi connectivity index (χ2n) is 11.4. The smallest absolute Gasteiger partial charge is 0.391 e. The number of thioether (sulfide) groups is 1. The van der Waals surface area contributed by atoms with Crippen molar-refractivity contribution >= 4 is 11.8 Å². The molecule has 204 valence electrons. The predicted molar refractivity (Wildman–Crippen MR) is 166 cm³/mol. The lowest BCUT2D eigenvalue weighted by atomic mass is 9.92. The Bertz CT molecular complexity index is 1310. The van der Waals surface area contributed by atoms with Crippen LogP contribution >= 0.6 is 11.8 Å². The average Bonchev–Trinajstić information content (AvgIpc) is 3.30. The minimum Gasteiger partial charge on any atom is -0.391 e. The fourth-order valence-corrected chi connectivity index (χ4v) is 5.74. The summed E-state index contributed by atoms with van der Waals surface area (Å²) in [5, 5.41) is 1.85. The highest BCUT2D eigenvalue weighted by Gasteiger charge is 2.31. The second-order valence-corrected chi connectivity index (χ2v) is 12.4. The second kappa shape index (κ2) is 12.3. The maximum absolute atomic E-state index is 6.89. The molecule has 0 amide bonds. The lowest BCUT2D eigenvalue weighted by Gasteiger charge is -2.19. The number of aromatic nitrogens is 2. The largest absolute Gasteiger partial charge is 0.472 e. The van der Waals surface area contributed by atoms with E-state index in [2.05, 4.69) is 132 Å². The molecular weight excluding hydrogens is 496 g/mol. The Morgan fingerprint density at radius 3 is 1.77 bits per heavy atom. The van der Waals surface area contributed by atoms with Gasteiger partial charge in [-0.2, -0.15) is 9.13 Å². The molecule has 0 saturated carbocycles. The highest BCUT2D eigenvalue weighted by atomic mass is 32.2. The minimum absolute atomic E-state index is 0.365. The van der Waals surface area contributed by atoms with E-state index in [-0.39, 0.29) is 0 Å². The maximum atomic E-state index is 6.89. The third-order valence-electron chi connectivity index (χ3n) is 7.18. The first-order chi connectivity index (χ1) is 18.6. The van der Waals surface area contributed by atoms with E-state index in [0.29, 0.717) is 23.7 Å². The molecule has 0 fully saturated rings. The summed E-state index contributed by atoms with van der Waals surface area (Å²) in [5.74, 6) is 2.26. The molecule has 0 N–H and O–H groups in total. The van der Waals surface area contributed by atoms with E-state index in [1.54, 1.807) is 11.8 Å². The first-order valence-corrected chi connectivity index (χ1v) is 15.0. The van der Waals surface area contributed by atoms with Gasteiger partial charge in [-0.3, -0.25) is 0 Å². The Morgan fingerprint density at radius 1 is 0.744 bits per heavy atom. The van der Waals surface area contributed by atoms with Crippen LogP contribution in [0.15, 0.2) is 89.9 Å². The van der Waals surface area contributed by atoms with Gasteiger partial charge < -0.3 is 4.74 Å². The Hall–Kier alpha value is -3.24. The van der Waals surface area contributed by atoms with Crippen LogP contribution in [0.5, 0.6) is 11.8 Å². The zero-order valence-electron chi connectivity index (χ0n) is 24.7. The van der Waals surface area contributed by atoms with Crippen LogP contribution in [-0.2, 0) is 0 Å². The lowest BCUT2D eigenvalue weighted by molar-refractivity contribution is -0.602. The van der Waals surface area contributed by atoms with E-state index < -0.39 is 0 Å². The Balaban J connectivity index is 2.07. The number of hydrogen-bond acceptors (Lipinski definition) is 2. The van der Waals surface area contributed by atoms with Crippen LogP contribution in [0.2, 0.25) is 0 Å². The van der Waals surface area contributed by atoms with Gasteiger partial charge in [-0.05, 0) is 47.3 Å². The van der Waals surface area contributed by atoms with E-state index in [0.717, 1.165) is 16.7 Å². The van der Waals surface area contributed by atoms with Gasteiger partial charge in [-0.1, -0.05) is 116 Å². The van der Waals surface area contributed by atoms with Crippen LogP contribution in [0.1, 0.15) is 101 Å². The summed E-state index contributed by atoms with van der Waals surface area (Å²) in [6, 6.07) is 22.4. The van der Waals surface area contributed by atoms with Gasteiger partial charge in [0.05, 0.1) is 0 Å². The summed E-state index contributed by atoms with van der Waals surface area (Å²) in [7, 11) is 0. The molecule has 0 aliphatic rings. The third kappa shape index (κ3) is 6.01. The van der Waals surface area contributed by atoms with Crippen molar-refractivity contribution in [2.24, 2.45) is 0 Å². The zero-order chi connectivity index (χ0) is 28.3. The summed E-state index contributed by atoms with van der Waals surface area (Å²) in [6.45, 7) is 22.0. The van der Waals surface area contributed by atoms with Gasteiger partial charge in [-0.25, -0.2) is 0 Å². The van der Waals surface area contributed by atoms with Gasteiger partial charge in [0.2, 0.25) is 0 Å². The Labute approximate surface area is 239 Å². The molecule has 1 aromatic heterocycles. The van der Waals surface area contributed by atoms with Crippen molar-refractivity contribution < 1.29 is 9.30 Å². The number of hydrogen-bond donors (Lipinski definition) is 0. The fraction of sp³-hybridized carbons (Fsp3) is 0.343. The molecule has 3 aromatic carbocycles. The van der Waals surface area contributed by atoms with Gasteiger partial charge in [-0.15, -0.1) is 0 Å². The predicted octanol–water partition coefficient (Wildman–Crippen LogP) is 10.3. The van der Waals surface area contributed by atoms with E-state index in [4.69, 9.17) is 4.74 Å². The molecule has 4 aromatic rings. The van der Waals surface area contributed by atoms with Crippen molar-refractivity contribution in [2.45, 2.75) is 84.0 Å². The van der Waals surface area contributed by atoms with Crippen molar-refractivity contribution in [3.63, 3.8) is 0 Å². The number of rotatable bonds is 10. The van der Waals surface area contributed by atoms with E-state index in [1.807, 2.05) is 17.5 Å². The van der Waals surface area contributed by atoms with Crippen molar-refractivity contribution in [1.29, 1.82) is 0 Å². The number of para-hydroxylation sites is 2. The van der Waals surface area contributed by atoms with Gasteiger partial charge in [0, 0.05) is 27.1 Å². The fourth-order valence-electron chi connectivity index (χ4n) is 5.21. The molecule has 0 bridgehead atoms. The summed E-state index contributed by atoms with van der Waals surface area (Å²) in [5.41, 5.74) is 7.66. The summed E-state index contributed by atoms with van der Waals surface area (Å²) in [4.78, 5) is 1.10. The summed E-state index contributed by atoms with van der Waals surface area (Å²) < 4.78 is 11.4. The quantitative estimate of drug-likeness (QED) is 0.147. The first kappa shape index (κ1) is 28.8. The Morgan fingerprint density at radius 2 is 1.26 bits per heavy atom. The minimum atomic E-state index is 0.365. The molecule has 0 unspecified atom stereocenters. The van der Waals surface area contributed by atoms with E-state index in [9.17, 15) is 0 Å². The molecule has 0 radical (unpaired) electrons. The van der Waals surface area contributed by atoms with Crippen LogP contribution < -0.4 is 9.30 Å². The number of benzene rings is 3. The van der Waals surface area contributed by atoms with E-state index in [1.165, 1.54) is 33.6 Å². The van der Waals surface area contributed by atoms with Gasteiger partial charge in [0.15, 0.2) is 0 Å². The van der Waals surface area contributed by atoms with Gasteiger partial charge >= 0.3 is 6.01 Å². The van der Waals surface area contributed by atoms with Crippen LogP contribution in [-0.4, -0.2) is 4.57 Å². The molecule has 0 saturated heterocycles. The molecule has 1 heterocycles. The molecular formula is C35H43N2OS+. The SMILES string of the molecule is C=CSc1cccc(Oc2n(-c3c(C(C)C)cccc3C(C)C)cc[n+]2-c2c(C(C)C)cccc2C(C)C)c1. The highest BCUT2D eigenvalue weighted by Crippen LogP contribution is 2.36. The van der Waals surface area contributed by atoms with Crippen molar-refractivity contribution in [2.75, 3.05) is 0 Å². The highest BCUT2D eigenvalue weighted by molar-refractivity contribution is 8.02. The van der Waals surface area contributed by atoms with Crippen LogP contribution in [0, 0.1) is 0 Å². The normalized spacial score (nSPS) is 11.7. The topological polar surface area (TPSA) is 18.0 Å². The third-order valence-corrected chi connectivity index (χ3v) is 7.87. The maximum Gasteiger partial charge on any atom is 0.472 e. The van der Waals surface area contributed by atoms with E-state index >= 15 is 0 Å². The summed E-state index contributed by atoms with van der Waals surface area (Å²) in [6.07, 6.45) is 4.35. The van der Waals surface area contributed by atoms with Gasteiger partial charge in [0.25, 0.3) is 0 Å². The standard InChI is InChI=1S/C35H43N2OS/c1-10-39-28-15-11-14-27(22-28)38-35-36(33-29(23(2)3)16-12-17-30(33)24(4)5)20-21-37(35)34-31(25(6)7)18-13-19-32(34)26(8)9/h10-26H,1H2,2-9H3/q+1. The molecule has 4 rings (SSSR count). The lowest BCUT2D eigenvalue weighted by Crippen LogP contribution is -2.34. The first-order valence-electron chi connectivity index (χ1n) is 14.1. The molecule has 4 heteroatoms. The Kier molecular flexibility index (Phi) is 9.07. The molecule has 3 nitrogen and oxygen atoms in total. The van der Waals surface area contributed by atoms with Crippen molar-refractivity contribution in [3.8, 4) is 23.1 Å². The molecule has 0 aliphatic carbocycles. The molecule has 0 aliphatic heterocycles. The molecule has 0 atom stereocenters. The molecule has 39 heavy (non-hydrogen) atoms. The van der Waals surface area contributed by atoms with Crippen LogP contribution in [0.3, 0.4) is 0 Å². The van der Waals surface area contributed by atoms with Crippen molar-refractivity contribution in [3.05, 3.63) is 107 Å². The zero-order valence-corrected chi connectivity index (χ0v) is 25.5. The van der Waals surface area contributed by atoms with Crippen LogP contribution in [0.4, 0.5) is 0 Å². The average molecular weight is 540 g/mol. The summed E-state index contributed by atoms with van der Waals surface area (Å²) >= 11 is 1.60. The molecule has 0 spiro atoms. The van der Waals surface area contributed by atoms with Crippen LogP contribution in [0.25, 0.3) is 11.4 Å².